The minimum Gasteiger partial charge on any atom is -0.435 e. The summed E-state index contributed by atoms with van der Waals surface area (Å²) in [6.07, 6.45) is -0.761. The number of hydrogen-bond donors (Lipinski definition) is 0. The van der Waals surface area contributed by atoms with E-state index in [2.05, 4.69) is 14.8 Å². The average Bonchev–Trinajstić information content (AvgIpc) is 3.41. The SMILES string of the molecule is O=C(c1nc(-c2ccc(C(F)(F)F)cc2)oc1-c1ccccc1[N+](=O)[O-])N1CCN(CCN2CCCCC2)CC1. The summed E-state index contributed by atoms with van der Waals surface area (Å²) in [6.45, 7) is 6.45. The van der Waals surface area contributed by atoms with Gasteiger partial charge in [0.25, 0.3) is 11.6 Å². The lowest BCUT2D eigenvalue weighted by Gasteiger charge is -2.36. The molecular weight excluding hydrogens is 527 g/mol. The number of likely N-dealkylation sites (tertiary alicyclic amines) is 1. The first-order valence-corrected chi connectivity index (χ1v) is 13.4. The van der Waals surface area contributed by atoms with Crippen LogP contribution in [0.5, 0.6) is 0 Å². The Morgan fingerprint density at radius 3 is 2.15 bits per heavy atom. The van der Waals surface area contributed by atoms with Gasteiger partial charge in [-0.25, -0.2) is 4.98 Å². The van der Waals surface area contributed by atoms with Crippen molar-refractivity contribution in [3.63, 3.8) is 0 Å². The zero-order valence-corrected chi connectivity index (χ0v) is 21.9. The third kappa shape index (κ3) is 6.18. The van der Waals surface area contributed by atoms with E-state index in [4.69, 9.17) is 4.42 Å². The van der Waals surface area contributed by atoms with E-state index in [1.54, 1.807) is 11.0 Å². The van der Waals surface area contributed by atoms with E-state index < -0.39 is 22.6 Å². The quantitative estimate of drug-likeness (QED) is 0.292. The van der Waals surface area contributed by atoms with Crippen molar-refractivity contribution in [2.45, 2.75) is 25.4 Å². The van der Waals surface area contributed by atoms with Gasteiger partial charge in [0.15, 0.2) is 11.5 Å². The molecule has 0 saturated carbocycles. The number of nitro benzene ring substituents is 1. The molecule has 1 amide bonds. The van der Waals surface area contributed by atoms with E-state index >= 15 is 0 Å². The van der Waals surface area contributed by atoms with E-state index in [1.165, 1.54) is 49.6 Å². The minimum atomic E-state index is -4.51. The van der Waals surface area contributed by atoms with Crippen molar-refractivity contribution in [1.29, 1.82) is 0 Å². The number of alkyl halides is 3. The monoisotopic (exact) mass is 557 g/mol. The largest absolute Gasteiger partial charge is 0.435 e. The van der Waals surface area contributed by atoms with Gasteiger partial charge in [0.2, 0.25) is 5.89 Å². The summed E-state index contributed by atoms with van der Waals surface area (Å²) < 4.78 is 45.0. The van der Waals surface area contributed by atoms with Crippen molar-refractivity contribution in [3.8, 4) is 22.8 Å². The second-order valence-electron chi connectivity index (χ2n) is 10.1. The number of piperidine rings is 1. The Bertz CT molecular complexity index is 1340. The first kappa shape index (κ1) is 27.8. The van der Waals surface area contributed by atoms with Crippen LogP contribution in [0, 0.1) is 10.1 Å². The molecule has 3 aromatic rings. The van der Waals surface area contributed by atoms with E-state index in [0.29, 0.717) is 26.2 Å². The lowest BCUT2D eigenvalue weighted by molar-refractivity contribution is -0.384. The molecule has 2 saturated heterocycles. The molecule has 9 nitrogen and oxygen atoms in total. The normalized spacial score (nSPS) is 17.2. The molecule has 40 heavy (non-hydrogen) atoms. The number of carbonyl (C=O) groups excluding carboxylic acids is 1. The van der Waals surface area contributed by atoms with Crippen LogP contribution in [0.3, 0.4) is 0 Å². The fourth-order valence-electron chi connectivity index (χ4n) is 5.19. The highest BCUT2D eigenvalue weighted by molar-refractivity contribution is 5.99. The Labute approximate surface area is 229 Å². The molecule has 0 N–H and O–H groups in total. The first-order chi connectivity index (χ1) is 19.2. The summed E-state index contributed by atoms with van der Waals surface area (Å²) in [5.74, 6) is -0.615. The number of oxazole rings is 1. The summed E-state index contributed by atoms with van der Waals surface area (Å²) in [5.41, 5.74) is -0.924. The molecule has 3 heterocycles. The maximum atomic E-state index is 13.7. The summed E-state index contributed by atoms with van der Waals surface area (Å²) >= 11 is 0. The lowest BCUT2D eigenvalue weighted by atomic mass is 10.1. The Kier molecular flexibility index (Phi) is 8.17. The van der Waals surface area contributed by atoms with Crippen molar-refractivity contribution in [2.75, 3.05) is 52.4 Å². The molecule has 0 spiro atoms. The van der Waals surface area contributed by atoms with Crippen molar-refractivity contribution < 1.29 is 27.3 Å². The lowest BCUT2D eigenvalue weighted by Crippen LogP contribution is -2.50. The van der Waals surface area contributed by atoms with Crippen molar-refractivity contribution in [1.82, 2.24) is 19.7 Å². The molecule has 212 valence electrons. The number of nitrogens with zero attached hydrogens (tertiary/aromatic N) is 5. The molecule has 2 aliphatic heterocycles. The number of hydrogen-bond acceptors (Lipinski definition) is 7. The van der Waals surface area contributed by atoms with Crippen LogP contribution in [-0.4, -0.2) is 82.9 Å². The number of piperazine rings is 1. The summed E-state index contributed by atoms with van der Waals surface area (Å²) in [6, 6.07) is 10.0. The molecule has 0 atom stereocenters. The van der Waals surface area contributed by atoms with Gasteiger partial charge in [0.05, 0.1) is 16.1 Å². The number of nitro groups is 1. The number of amides is 1. The molecule has 0 radical (unpaired) electrons. The van der Waals surface area contributed by atoms with Crippen LogP contribution in [0.4, 0.5) is 18.9 Å². The summed E-state index contributed by atoms with van der Waals surface area (Å²) in [7, 11) is 0. The molecule has 5 rings (SSSR count). The molecule has 0 aliphatic carbocycles. The fraction of sp³-hybridized carbons (Fsp3) is 0.429. The zero-order chi connectivity index (χ0) is 28.3. The molecule has 0 unspecified atom stereocenters. The number of benzene rings is 2. The van der Waals surface area contributed by atoms with Gasteiger partial charge in [-0.1, -0.05) is 18.6 Å². The molecular formula is C28H30F3N5O4. The highest BCUT2D eigenvalue weighted by atomic mass is 19.4. The van der Waals surface area contributed by atoms with Gasteiger partial charge < -0.3 is 14.2 Å². The number of aromatic nitrogens is 1. The van der Waals surface area contributed by atoms with Crippen LogP contribution < -0.4 is 0 Å². The zero-order valence-electron chi connectivity index (χ0n) is 21.9. The Hall–Kier alpha value is -3.77. The van der Waals surface area contributed by atoms with Crippen molar-refractivity contribution >= 4 is 11.6 Å². The molecule has 1 aromatic heterocycles. The highest BCUT2D eigenvalue weighted by Gasteiger charge is 2.33. The third-order valence-corrected chi connectivity index (χ3v) is 7.47. The van der Waals surface area contributed by atoms with Crippen molar-refractivity contribution in [3.05, 3.63) is 69.9 Å². The molecule has 2 aromatic carbocycles. The maximum Gasteiger partial charge on any atom is 0.416 e. The number of halogens is 3. The van der Waals surface area contributed by atoms with E-state index in [1.807, 2.05) is 0 Å². The maximum absolute atomic E-state index is 13.7. The van der Waals surface area contributed by atoms with Gasteiger partial charge in [-0.3, -0.25) is 19.8 Å². The molecule has 0 bridgehead atoms. The van der Waals surface area contributed by atoms with E-state index in [0.717, 1.165) is 38.3 Å². The van der Waals surface area contributed by atoms with E-state index in [9.17, 15) is 28.1 Å². The van der Waals surface area contributed by atoms with Crippen LogP contribution in [0.15, 0.2) is 52.9 Å². The topological polar surface area (TPSA) is 96.0 Å². The molecule has 2 aliphatic rings. The van der Waals surface area contributed by atoms with Crippen LogP contribution in [0.25, 0.3) is 22.8 Å². The van der Waals surface area contributed by atoms with Gasteiger partial charge >= 0.3 is 6.18 Å². The molecule has 2 fully saturated rings. The van der Waals surface area contributed by atoms with Crippen LogP contribution in [0.1, 0.15) is 35.3 Å². The highest BCUT2D eigenvalue weighted by Crippen LogP contribution is 2.37. The average molecular weight is 558 g/mol. The van der Waals surface area contributed by atoms with Crippen molar-refractivity contribution in [2.24, 2.45) is 0 Å². The number of para-hydroxylation sites is 1. The molecule has 12 heteroatoms. The van der Waals surface area contributed by atoms with Gasteiger partial charge in [0, 0.05) is 50.9 Å². The third-order valence-electron chi connectivity index (χ3n) is 7.47. The Morgan fingerprint density at radius 1 is 0.900 bits per heavy atom. The number of rotatable bonds is 7. The first-order valence-electron chi connectivity index (χ1n) is 13.4. The standard InChI is InChI=1S/C28H30F3N5O4/c29-28(30,31)21-10-8-20(9-11-21)26-32-24(25(40-26)22-6-2-3-7-23(22)36(38)39)27(37)35-18-16-34(17-19-35)15-14-33-12-4-1-5-13-33/h2-3,6-11H,1,4-5,12-19H2. The minimum absolute atomic E-state index is 0.0710. The van der Waals surface area contributed by atoms with Gasteiger partial charge in [-0.2, -0.15) is 13.2 Å². The second kappa shape index (κ2) is 11.8. The Morgan fingerprint density at radius 2 is 1.52 bits per heavy atom. The Balaban J connectivity index is 1.38. The summed E-state index contributed by atoms with van der Waals surface area (Å²) in [5, 5.41) is 11.7. The smallest absolute Gasteiger partial charge is 0.416 e. The van der Waals surface area contributed by atoms with Gasteiger partial charge in [0.1, 0.15) is 0 Å². The van der Waals surface area contributed by atoms with Crippen LogP contribution in [0.2, 0.25) is 0 Å². The van der Waals surface area contributed by atoms with Gasteiger partial charge in [-0.15, -0.1) is 0 Å². The van der Waals surface area contributed by atoms with Crippen LogP contribution >= 0.6 is 0 Å². The number of carbonyl (C=O) groups is 1. The van der Waals surface area contributed by atoms with E-state index in [-0.39, 0.29) is 34.2 Å². The predicted octanol–water partition coefficient (Wildman–Crippen LogP) is 5.18. The fourth-order valence-corrected chi connectivity index (χ4v) is 5.19. The predicted molar refractivity (Wildman–Crippen MR) is 142 cm³/mol. The van der Waals surface area contributed by atoms with Crippen LogP contribution in [-0.2, 0) is 6.18 Å². The van der Waals surface area contributed by atoms with Gasteiger partial charge in [-0.05, 0) is 56.3 Å². The summed E-state index contributed by atoms with van der Waals surface area (Å²) in [4.78, 5) is 35.6. The second-order valence-corrected chi connectivity index (χ2v) is 10.1.